The second-order valence-electron chi connectivity index (χ2n) is 6.66. The van der Waals surface area contributed by atoms with Gasteiger partial charge < -0.3 is 20.7 Å². The van der Waals surface area contributed by atoms with Gasteiger partial charge in [-0.3, -0.25) is 4.90 Å². The molecule has 2 fully saturated rings. The molecule has 0 aliphatic carbocycles. The molecule has 0 spiro atoms. The number of ether oxygens (including phenoxy) is 1. The molecule has 0 aromatic heterocycles. The fraction of sp³-hybridized carbons (Fsp3) is 0.421. The highest BCUT2D eigenvalue weighted by Gasteiger charge is 2.33. The maximum absolute atomic E-state index is 14.7. The number of rotatable bonds is 5. The Morgan fingerprint density at radius 1 is 1.46 bits per heavy atom. The molecule has 2 heterocycles. The van der Waals surface area contributed by atoms with Crippen molar-refractivity contribution in [2.45, 2.75) is 18.9 Å². The van der Waals surface area contributed by atoms with Crippen molar-refractivity contribution in [2.24, 2.45) is 5.73 Å². The van der Waals surface area contributed by atoms with Crippen molar-refractivity contribution in [1.82, 2.24) is 5.32 Å². The van der Waals surface area contributed by atoms with Crippen molar-refractivity contribution in [1.29, 1.82) is 0 Å². The number of piperidine rings is 1. The number of nitrogens with one attached hydrogen (secondary N) is 1. The van der Waals surface area contributed by atoms with Crippen LogP contribution in [0, 0.1) is 12.4 Å². The first-order chi connectivity index (χ1) is 13.5. The van der Waals surface area contributed by atoms with E-state index in [-0.39, 0.29) is 18.5 Å². The molecule has 148 valence electrons. The number of benzene rings is 1. The Morgan fingerprint density at radius 2 is 2.21 bits per heavy atom. The SMILES string of the molecule is [C-]#[N+]C=C1CCN(c2ccc(N3C[C@H](CNC(=S)CN)OC3=O)cc2F)CC1. The lowest BCUT2D eigenvalue weighted by Gasteiger charge is -2.31. The van der Waals surface area contributed by atoms with E-state index in [1.54, 1.807) is 18.3 Å². The summed E-state index contributed by atoms with van der Waals surface area (Å²) < 4.78 is 20.0. The summed E-state index contributed by atoms with van der Waals surface area (Å²) in [5.74, 6) is -0.381. The second kappa shape index (κ2) is 8.99. The van der Waals surface area contributed by atoms with Gasteiger partial charge in [0.05, 0.1) is 36.0 Å². The van der Waals surface area contributed by atoms with Gasteiger partial charge in [-0.1, -0.05) is 17.8 Å². The third-order valence-electron chi connectivity index (χ3n) is 4.82. The number of thiocarbonyl (C=S) groups is 1. The molecule has 1 aromatic carbocycles. The van der Waals surface area contributed by atoms with Gasteiger partial charge >= 0.3 is 6.09 Å². The van der Waals surface area contributed by atoms with Gasteiger partial charge in [0, 0.05) is 19.6 Å². The topological polar surface area (TPSA) is 75.2 Å². The van der Waals surface area contributed by atoms with Crippen LogP contribution in [0.1, 0.15) is 12.8 Å². The molecule has 0 bridgehead atoms. The Bertz CT molecular complexity index is 828. The number of anilines is 2. The van der Waals surface area contributed by atoms with Gasteiger partial charge in [0.15, 0.2) is 6.20 Å². The molecule has 2 saturated heterocycles. The highest BCUT2D eigenvalue weighted by Crippen LogP contribution is 2.30. The predicted molar refractivity (Wildman–Crippen MR) is 110 cm³/mol. The lowest BCUT2D eigenvalue weighted by atomic mass is 10.0. The first-order valence-electron chi connectivity index (χ1n) is 9.05. The number of carbonyl (C=O) groups is 1. The van der Waals surface area contributed by atoms with Crippen LogP contribution in [0.4, 0.5) is 20.6 Å². The average molecular weight is 403 g/mol. The molecule has 1 aromatic rings. The predicted octanol–water partition coefficient (Wildman–Crippen LogP) is 2.43. The van der Waals surface area contributed by atoms with Gasteiger partial charge in [0.25, 0.3) is 0 Å². The number of carbonyl (C=O) groups excluding carboxylic acids is 1. The Morgan fingerprint density at radius 3 is 2.86 bits per heavy atom. The van der Waals surface area contributed by atoms with E-state index in [1.165, 1.54) is 11.0 Å². The molecule has 28 heavy (non-hydrogen) atoms. The number of hydrogen-bond acceptors (Lipinski definition) is 5. The summed E-state index contributed by atoms with van der Waals surface area (Å²) in [5.41, 5.74) is 7.49. The molecule has 0 unspecified atom stereocenters. The number of hydrogen-bond donors (Lipinski definition) is 2. The van der Waals surface area contributed by atoms with E-state index >= 15 is 0 Å². The molecule has 7 nitrogen and oxygen atoms in total. The summed E-state index contributed by atoms with van der Waals surface area (Å²) in [6.07, 6.45) is 2.17. The smallest absolute Gasteiger partial charge is 0.414 e. The van der Waals surface area contributed by atoms with Crippen molar-refractivity contribution < 1.29 is 13.9 Å². The summed E-state index contributed by atoms with van der Waals surface area (Å²) in [5, 5.41) is 2.94. The quantitative estimate of drug-likeness (QED) is 0.581. The molecule has 3 N–H and O–H groups in total. The summed E-state index contributed by atoms with van der Waals surface area (Å²) in [6.45, 7) is 9.14. The Labute approximate surface area is 168 Å². The van der Waals surface area contributed by atoms with Gasteiger partial charge in [-0.15, -0.1) is 0 Å². The molecule has 2 aliphatic heterocycles. The minimum atomic E-state index is -0.510. The molecular formula is C19H22FN5O2S. The Hall–Kier alpha value is -2.70. The minimum Gasteiger partial charge on any atom is -0.442 e. The summed E-state index contributed by atoms with van der Waals surface area (Å²) >= 11 is 5.00. The second-order valence-corrected chi connectivity index (χ2v) is 7.16. The molecule has 1 atom stereocenters. The Balaban J connectivity index is 1.64. The Kier molecular flexibility index (Phi) is 6.44. The van der Waals surface area contributed by atoms with E-state index in [1.807, 2.05) is 4.90 Å². The van der Waals surface area contributed by atoms with Gasteiger partial charge in [-0.25, -0.2) is 14.0 Å². The molecule has 1 amide bonds. The van der Waals surface area contributed by atoms with Crippen LogP contribution in [0.3, 0.4) is 0 Å². The van der Waals surface area contributed by atoms with Crippen LogP contribution in [0.2, 0.25) is 0 Å². The molecule has 3 rings (SSSR count). The largest absolute Gasteiger partial charge is 0.442 e. The van der Waals surface area contributed by atoms with Crippen LogP contribution in [-0.2, 0) is 4.74 Å². The number of cyclic esters (lactones) is 1. The van der Waals surface area contributed by atoms with E-state index in [4.69, 9.17) is 29.3 Å². The van der Waals surface area contributed by atoms with E-state index < -0.39 is 6.09 Å². The standard InChI is InChI=1S/C19H22FN5O2S/c1-22-10-13-4-6-24(7-5-13)17-3-2-14(8-16(17)20)25-12-15(27-19(25)26)11-23-18(28)9-21/h2-3,8,10,15H,4-7,9,11-12,21H2,(H,23,28)/t15-/m0/s1. The summed E-state index contributed by atoms with van der Waals surface area (Å²) in [6, 6.07) is 4.78. The number of amides is 1. The minimum absolute atomic E-state index is 0.234. The van der Waals surface area contributed by atoms with Crippen LogP contribution < -0.4 is 20.9 Å². The van der Waals surface area contributed by atoms with Crippen molar-refractivity contribution in [2.75, 3.05) is 42.5 Å². The van der Waals surface area contributed by atoms with E-state index in [0.29, 0.717) is 42.5 Å². The molecular weight excluding hydrogens is 381 g/mol. The van der Waals surface area contributed by atoms with Gasteiger partial charge in [0.1, 0.15) is 11.9 Å². The summed E-state index contributed by atoms with van der Waals surface area (Å²) in [4.78, 5) is 19.3. The number of nitrogens with two attached hydrogens (primary N) is 1. The zero-order valence-electron chi connectivity index (χ0n) is 15.4. The van der Waals surface area contributed by atoms with Crippen molar-refractivity contribution >= 4 is 34.7 Å². The fourth-order valence-corrected chi connectivity index (χ4v) is 3.40. The first-order valence-corrected chi connectivity index (χ1v) is 9.46. The normalized spacial score (nSPS) is 19.2. The third-order valence-corrected chi connectivity index (χ3v) is 5.13. The van der Waals surface area contributed by atoms with E-state index in [9.17, 15) is 9.18 Å². The number of halogens is 1. The maximum Gasteiger partial charge on any atom is 0.414 e. The van der Waals surface area contributed by atoms with Crippen molar-refractivity contribution in [3.05, 3.63) is 47.2 Å². The first kappa shape index (κ1) is 20.0. The zero-order chi connectivity index (χ0) is 20.1. The van der Waals surface area contributed by atoms with Crippen LogP contribution in [0.25, 0.3) is 4.85 Å². The molecule has 0 saturated carbocycles. The van der Waals surface area contributed by atoms with Gasteiger partial charge in [-0.05, 0) is 31.0 Å². The summed E-state index contributed by atoms with van der Waals surface area (Å²) in [7, 11) is 0. The third kappa shape index (κ3) is 4.58. The van der Waals surface area contributed by atoms with Crippen LogP contribution in [-0.4, -0.2) is 49.9 Å². The lowest BCUT2D eigenvalue weighted by molar-refractivity contribution is 0.143. The molecule has 9 heteroatoms. The number of nitrogens with zero attached hydrogens (tertiary/aromatic N) is 3. The van der Waals surface area contributed by atoms with Gasteiger partial charge in [-0.2, -0.15) is 0 Å². The highest BCUT2D eigenvalue weighted by atomic mass is 32.1. The van der Waals surface area contributed by atoms with E-state index in [0.717, 1.165) is 18.4 Å². The average Bonchev–Trinajstić information content (AvgIpc) is 3.07. The van der Waals surface area contributed by atoms with Crippen molar-refractivity contribution in [3.63, 3.8) is 0 Å². The van der Waals surface area contributed by atoms with Crippen LogP contribution in [0.5, 0.6) is 0 Å². The highest BCUT2D eigenvalue weighted by molar-refractivity contribution is 7.80. The fourth-order valence-electron chi connectivity index (χ4n) is 3.31. The monoisotopic (exact) mass is 403 g/mol. The van der Waals surface area contributed by atoms with E-state index in [2.05, 4.69) is 10.2 Å². The maximum atomic E-state index is 14.7. The van der Waals surface area contributed by atoms with Crippen molar-refractivity contribution in [3.8, 4) is 0 Å². The lowest BCUT2D eigenvalue weighted by Crippen LogP contribution is -2.36. The zero-order valence-corrected chi connectivity index (χ0v) is 16.2. The molecule has 0 radical (unpaired) electrons. The molecule has 2 aliphatic rings. The van der Waals surface area contributed by atoms with Gasteiger partial charge in [0.2, 0.25) is 0 Å². The van der Waals surface area contributed by atoms with Crippen LogP contribution in [0.15, 0.2) is 30.0 Å². The van der Waals surface area contributed by atoms with Crippen LogP contribution >= 0.6 is 12.2 Å².